The first-order valence-electron chi connectivity index (χ1n) is 8.10. The Hall–Kier alpha value is -1.09. The molecule has 1 saturated heterocycles. The summed E-state index contributed by atoms with van der Waals surface area (Å²) in [6.07, 6.45) is 2.01. The summed E-state index contributed by atoms with van der Waals surface area (Å²) in [6.45, 7) is 4.31. The Bertz CT molecular complexity index is 593. The third-order valence-electron chi connectivity index (χ3n) is 4.64. The third-order valence-corrected chi connectivity index (χ3v) is 4.64. The number of morpholine rings is 1. The first-order chi connectivity index (χ1) is 11.1. The van der Waals surface area contributed by atoms with Crippen LogP contribution in [0.4, 0.5) is 4.39 Å². The second kappa shape index (κ2) is 8.33. The van der Waals surface area contributed by atoms with E-state index in [0.717, 1.165) is 31.5 Å². The summed E-state index contributed by atoms with van der Waals surface area (Å²) in [5, 5.41) is 0. The van der Waals surface area contributed by atoms with Gasteiger partial charge < -0.3 is 20.1 Å². The Kier molecular flexibility index (Phi) is 6.68. The van der Waals surface area contributed by atoms with Crippen LogP contribution in [0.1, 0.15) is 31.2 Å². The molecule has 3 rings (SSSR count). The van der Waals surface area contributed by atoms with Gasteiger partial charge >= 0.3 is 0 Å². The second-order valence-corrected chi connectivity index (χ2v) is 6.33. The van der Waals surface area contributed by atoms with Gasteiger partial charge in [-0.15, -0.1) is 24.0 Å². The molecule has 1 atom stereocenters. The van der Waals surface area contributed by atoms with E-state index >= 15 is 0 Å². The number of nitrogens with zero attached hydrogens (tertiary/aromatic N) is 2. The molecule has 2 aliphatic rings. The van der Waals surface area contributed by atoms with Crippen LogP contribution in [0, 0.1) is 5.82 Å². The Morgan fingerprint density at radius 1 is 1.42 bits per heavy atom. The molecule has 1 aromatic rings. The van der Waals surface area contributed by atoms with E-state index in [0.29, 0.717) is 18.5 Å². The van der Waals surface area contributed by atoms with Crippen molar-refractivity contribution in [3.8, 4) is 5.75 Å². The summed E-state index contributed by atoms with van der Waals surface area (Å²) in [7, 11) is 1.47. The topological polar surface area (TPSA) is 60.1 Å². The van der Waals surface area contributed by atoms with Gasteiger partial charge in [0.2, 0.25) is 0 Å². The lowest BCUT2D eigenvalue weighted by Crippen LogP contribution is -2.48. The van der Waals surface area contributed by atoms with E-state index in [1.54, 1.807) is 12.1 Å². The predicted molar refractivity (Wildman–Crippen MR) is 103 cm³/mol. The fraction of sp³-hybridized carbons (Fsp3) is 0.588. The average Bonchev–Trinajstić information content (AvgIpc) is 2.50. The van der Waals surface area contributed by atoms with Crippen LogP contribution in [0.5, 0.6) is 5.75 Å². The highest BCUT2D eigenvalue weighted by Gasteiger charge is 2.31. The van der Waals surface area contributed by atoms with E-state index < -0.39 is 0 Å². The van der Waals surface area contributed by atoms with Gasteiger partial charge in [0, 0.05) is 13.1 Å². The van der Waals surface area contributed by atoms with Crippen LogP contribution < -0.4 is 10.5 Å². The van der Waals surface area contributed by atoms with E-state index in [2.05, 4.69) is 9.89 Å². The van der Waals surface area contributed by atoms with Crippen molar-refractivity contribution in [3.63, 3.8) is 0 Å². The third kappa shape index (κ3) is 4.30. The number of rotatable bonds is 3. The van der Waals surface area contributed by atoms with Crippen LogP contribution in [-0.4, -0.2) is 49.8 Å². The number of halogens is 2. The Morgan fingerprint density at radius 3 is 2.79 bits per heavy atom. The molecule has 2 N–H and O–H groups in total. The largest absolute Gasteiger partial charge is 0.494 e. The van der Waals surface area contributed by atoms with E-state index in [1.807, 2.05) is 13.0 Å². The maximum Gasteiger partial charge on any atom is 0.191 e. The SMILES string of the molecule is COc1ccc(C2CC(N=C(N)N3CCOC(C)C3)C2)cc1F.I. The monoisotopic (exact) mass is 449 g/mol. The predicted octanol–water partition coefficient (Wildman–Crippen LogP) is 2.73. The van der Waals surface area contributed by atoms with Crippen molar-refractivity contribution in [1.29, 1.82) is 0 Å². The van der Waals surface area contributed by atoms with Crippen LogP contribution in [0.2, 0.25) is 0 Å². The Labute approximate surface area is 159 Å². The number of benzene rings is 1. The molecule has 1 unspecified atom stereocenters. The van der Waals surface area contributed by atoms with Gasteiger partial charge in [-0.25, -0.2) is 9.38 Å². The van der Waals surface area contributed by atoms with E-state index in [9.17, 15) is 4.39 Å². The van der Waals surface area contributed by atoms with Gasteiger partial charge in [-0.05, 0) is 43.4 Å². The fourth-order valence-electron chi connectivity index (χ4n) is 3.20. The smallest absolute Gasteiger partial charge is 0.191 e. The molecule has 1 heterocycles. The van der Waals surface area contributed by atoms with E-state index in [4.69, 9.17) is 15.2 Å². The van der Waals surface area contributed by atoms with E-state index in [-0.39, 0.29) is 47.7 Å². The molecule has 0 aromatic heterocycles. The summed E-state index contributed by atoms with van der Waals surface area (Å²) in [5.74, 6) is 0.928. The minimum atomic E-state index is -0.307. The molecule has 0 bridgehead atoms. The molecule has 2 fully saturated rings. The molecule has 7 heteroatoms. The van der Waals surface area contributed by atoms with Gasteiger partial charge in [0.15, 0.2) is 17.5 Å². The highest BCUT2D eigenvalue weighted by molar-refractivity contribution is 14.0. The summed E-state index contributed by atoms with van der Waals surface area (Å²) in [5.41, 5.74) is 7.12. The number of hydrogen-bond donors (Lipinski definition) is 1. The zero-order valence-electron chi connectivity index (χ0n) is 14.1. The van der Waals surface area contributed by atoms with Gasteiger partial charge in [-0.3, -0.25) is 0 Å². The molecule has 1 aliphatic heterocycles. The number of methoxy groups -OCH3 is 1. The van der Waals surface area contributed by atoms with Crippen LogP contribution in [0.25, 0.3) is 0 Å². The standard InChI is InChI=1S/C17H24FN3O2.HI/c1-11-10-21(5-6-23-11)17(19)20-14-7-13(8-14)12-3-4-16(22-2)15(18)9-12;/h3-4,9,11,13-14H,5-8,10H2,1-2H3,(H2,19,20);1H. The highest BCUT2D eigenvalue weighted by atomic mass is 127. The molecule has 0 spiro atoms. The van der Waals surface area contributed by atoms with Crippen molar-refractivity contribution in [3.05, 3.63) is 29.6 Å². The molecular formula is C17H25FIN3O2. The highest BCUT2D eigenvalue weighted by Crippen LogP contribution is 2.39. The maximum atomic E-state index is 13.8. The van der Waals surface area contributed by atoms with Gasteiger partial charge in [0.05, 0.1) is 25.9 Å². The summed E-state index contributed by atoms with van der Waals surface area (Å²) in [4.78, 5) is 6.70. The van der Waals surface area contributed by atoms with Crippen molar-refractivity contribution in [1.82, 2.24) is 4.90 Å². The molecule has 24 heavy (non-hydrogen) atoms. The molecule has 1 aromatic carbocycles. The van der Waals surface area contributed by atoms with Crippen LogP contribution >= 0.6 is 24.0 Å². The van der Waals surface area contributed by atoms with Gasteiger partial charge in [0.1, 0.15) is 0 Å². The molecule has 1 aliphatic carbocycles. The van der Waals surface area contributed by atoms with Crippen LogP contribution in [0.15, 0.2) is 23.2 Å². The van der Waals surface area contributed by atoms with Gasteiger partial charge in [0.25, 0.3) is 0 Å². The van der Waals surface area contributed by atoms with Crippen molar-refractivity contribution in [2.75, 3.05) is 26.8 Å². The normalized spacial score (nSPS) is 27.2. The van der Waals surface area contributed by atoms with Crippen molar-refractivity contribution in [2.24, 2.45) is 10.7 Å². The number of aliphatic imine (C=N–C) groups is 1. The van der Waals surface area contributed by atoms with Gasteiger partial charge in [-0.2, -0.15) is 0 Å². The first kappa shape index (κ1) is 19.2. The average molecular weight is 449 g/mol. The molecular weight excluding hydrogens is 424 g/mol. The molecule has 1 saturated carbocycles. The minimum absolute atomic E-state index is 0. The number of guanidine groups is 1. The molecule has 134 valence electrons. The summed E-state index contributed by atoms with van der Waals surface area (Å²) in [6, 6.07) is 5.41. The number of nitrogens with two attached hydrogens (primary N) is 1. The molecule has 0 amide bonds. The minimum Gasteiger partial charge on any atom is -0.494 e. The Morgan fingerprint density at radius 2 is 2.17 bits per heavy atom. The lowest BCUT2D eigenvalue weighted by Gasteiger charge is -2.36. The number of ether oxygens (including phenoxy) is 2. The fourth-order valence-corrected chi connectivity index (χ4v) is 3.20. The lowest BCUT2D eigenvalue weighted by atomic mass is 9.76. The van der Waals surface area contributed by atoms with Crippen molar-refractivity contribution in [2.45, 2.75) is 37.8 Å². The second-order valence-electron chi connectivity index (χ2n) is 6.33. The molecule has 0 radical (unpaired) electrons. The summed E-state index contributed by atoms with van der Waals surface area (Å²) < 4.78 is 24.2. The van der Waals surface area contributed by atoms with E-state index in [1.165, 1.54) is 7.11 Å². The zero-order valence-corrected chi connectivity index (χ0v) is 16.4. The summed E-state index contributed by atoms with van der Waals surface area (Å²) >= 11 is 0. The quantitative estimate of drug-likeness (QED) is 0.438. The van der Waals surface area contributed by atoms with Crippen LogP contribution in [0.3, 0.4) is 0 Å². The van der Waals surface area contributed by atoms with Crippen molar-refractivity contribution >= 4 is 29.9 Å². The van der Waals surface area contributed by atoms with Gasteiger partial charge in [-0.1, -0.05) is 6.07 Å². The van der Waals surface area contributed by atoms with Crippen molar-refractivity contribution < 1.29 is 13.9 Å². The van der Waals surface area contributed by atoms with Crippen LogP contribution in [-0.2, 0) is 4.74 Å². The lowest BCUT2D eigenvalue weighted by molar-refractivity contribution is 0.00512. The maximum absolute atomic E-state index is 13.8. The zero-order chi connectivity index (χ0) is 16.4. The Balaban J connectivity index is 0.00000208. The molecule has 5 nitrogen and oxygen atoms in total. The first-order valence-corrected chi connectivity index (χ1v) is 8.10. The number of hydrogen-bond acceptors (Lipinski definition) is 3.